The summed E-state index contributed by atoms with van der Waals surface area (Å²) in [7, 11) is 1.77. The number of likely N-dealkylation sites (N-methyl/N-ethyl adjacent to an activating group) is 1. The number of hydrogen-bond donors (Lipinski definition) is 1. The lowest BCUT2D eigenvalue weighted by atomic mass is 10.1. The van der Waals surface area contributed by atoms with Crippen LogP contribution < -0.4 is 5.32 Å². The summed E-state index contributed by atoms with van der Waals surface area (Å²) in [6.45, 7) is 2.40. The van der Waals surface area contributed by atoms with E-state index in [1.165, 1.54) is 12.3 Å². The maximum Gasteiger partial charge on any atom is 0.287 e. The summed E-state index contributed by atoms with van der Waals surface area (Å²) < 4.78 is 0. The molecule has 0 bridgehead atoms. The first kappa shape index (κ1) is 13.3. The summed E-state index contributed by atoms with van der Waals surface area (Å²) in [5, 5.41) is 13.9. The highest BCUT2D eigenvalue weighted by molar-refractivity contribution is 5.77. The van der Waals surface area contributed by atoms with Gasteiger partial charge in [0.2, 0.25) is 5.91 Å². The van der Waals surface area contributed by atoms with Crippen molar-refractivity contribution in [2.24, 2.45) is 0 Å². The van der Waals surface area contributed by atoms with Gasteiger partial charge >= 0.3 is 0 Å². The smallest absolute Gasteiger partial charge is 0.287 e. The van der Waals surface area contributed by atoms with Crippen molar-refractivity contribution < 1.29 is 9.72 Å². The molecule has 7 heteroatoms. The Morgan fingerprint density at radius 3 is 2.89 bits per heavy atom. The Labute approximate surface area is 110 Å². The molecule has 1 saturated heterocycles. The van der Waals surface area contributed by atoms with E-state index in [9.17, 15) is 14.9 Å². The monoisotopic (exact) mass is 264 g/mol. The molecule has 102 valence electrons. The minimum atomic E-state index is -0.461. The van der Waals surface area contributed by atoms with Crippen LogP contribution in [0.3, 0.4) is 0 Å². The van der Waals surface area contributed by atoms with Crippen molar-refractivity contribution in [3.63, 3.8) is 0 Å². The first-order valence-electron chi connectivity index (χ1n) is 6.09. The van der Waals surface area contributed by atoms with Crippen molar-refractivity contribution in [2.45, 2.75) is 25.8 Å². The average Bonchev–Trinajstić information content (AvgIpc) is 2.36. The van der Waals surface area contributed by atoms with Gasteiger partial charge in [-0.15, -0.1) is 0 Å². The van der Waals surface area contributed by atoms with Crippen molar-refractivity contribution in [1.29, 1.82) is 0 Å². The summed E-state index contributed by atoms with van der Waals surface area (Å²) in [5.41, 5.74) is 0.716. The van der Waals surface area contributed by atoms with E-state index >= 15 is 0 Å². The van der Waals surface area contributed by atoms with Gasteiger partial charge in [-0.25, -0.2) is 4.98 Å². The number of hydrogen-bond acceptors (Lipinski definition) is 5. The molecule has 1 fully saturated rings. The van der Waals surface area contributed by atoms with Gasteiger partial charge in [0.15, 0.2) is 0 Å². The van der Waals surface area contributed by atoms with Crippen LogP contribution in [-0.4, -0.2) is 40.3 Å². The molecule has 0 spiro atoms. The van der Waals surface area contributed by atoms with Crippen LogP contribution in [0, 0.1) is 17.0 Å². The molecule has 0 saturated carbocycles. The first-order chi connectivity index (χ1) is 8.97. The molecule has 1 atom stereocenters. The van der Waals surface area contributed by atoms with E-state index < -0.39 is 4.92 Å². The van der Waals surface area contributed by atoms with Crippen LogP contribution in [0.2, 0.25) is 0 Å². The zero-order valence-electron chi connectivity index (χ0n) is 10.9. The predicted molar refractivity (Wildman–Crippen MR) is 69.9 cm³/mol. The molecule has 1 N–H and O–H groups in total. The average molecular weight is 264 g/mol. The summed E-state index contributed by atoms with van der Waals surface area (Å²) in [4.78, 5) is 27.3. The zero-order valence-corrected chi connectivity index (χ0v) is 10.9. The molecule has 0 aliphatic carbocycles. The van der Waals surface area contributed by atoms with Crippen LogP contribution in [-0.2, 0) is 4.79 Å². The van der Waals surface area contributed by atoms with Gasteiger partial charge in [-0.05, 0) is 18.9 Å². The molecule has 2 rings (SSSR count). The second-order valence-electron chi connectivity index (χ2n) is 4.77. The minimum absolute atomic E-state index is 0.0148. The molecule has 1 aliphatic rings. The van der Waals surface area contributed by atoms with Crippen LogP contribution >= 0.6 is 0 Å². The Morgan fingerprint density at radius 1 is 1.58 bits per heavy atom. The van der Waals surface area contributed by atoms with E-state index in [0.29, 0.717) is 18.8 Å². The number of amides is 1. The number of aryl methyl sites for hydroxylation is 1. The van der Waals surface area contributed by atoms with E-state index in [-0.39, 0.29) is 17.6 Å². The van der Waals surface area contributed by atoms with Gasteiger partial charge in [-0.1, -0.05) is 0 Å². The third-order valence-electron chi connectivity index (χ3n) is 3.24. The largest absolute Gasteiger partial charge is 0.365 e. The molecule has 1 aromatic heterocycles. The number of rotatable bonds is 3. The highest BCUT2D eigenvalue weighted by Gasteiger charge is 2.23. The van der Waals surface area contributed by atoms with Crippen molar-refractivity contribution in [3.8, 4) is 0 Å². The van der Waals surface area contributed by atoms with Gasteiger partial charge in [0, 0.05) is 32.1 Å². The van der Waals surface area contributed by atoms with Crippen LogP contribution in [0.25, 0.3) is 0 Å². The zero-order chi connectivity index (χ0) is 14.0. The molecular formula is C12H16N4O3. The second kappa shape index (κ2) is 5.21. The normalized spacial score (nSPS) is 19.4. The van der Waals surface area contributed by atoms with Gasteiger partial charge in [0.1, 0.15) is 12.0 Å². The summed E-state index contributed by atoms with van der Waals surface area (Å²) in [6, 6.07) is 1.63. The summed E-state index contributed by atoms with van der Waals surface area (Å²) in [5.74, 6) is 0.782. The number of nitrogens with zero attached hydrogens (tertiary/aromatic N) is 3. The van der Waals surface area contributed by atoms with Crippen LogP contribution in [0.5, 0.6) is 0 Å². The lowest BCUT2D eigenvalue weighted by Gasteiger charge is -2.30. The van der Waals surface area contributed by atoms with Crippen molar-refractivity contribution >= 4 is 17.4 Å². The standard InChI is InChI=1S/C12H16N4O3/c1-8-5-10(16(18)19)6-13-12(8)14-9-3-4-11(17)15(2)7-9/h5-6,9H,3-4,7H2,1-2H3,(H,13,14). The Hall–Kier alpha value is -2.18. The van der Waals surface area contributed by atoms with Crippen molar-refractivity contribution in [3.05, 3.63) is 27.9 Å². The molecule has 1 aromatic rings. The van der Waals surface area contributed by atoms with Gasteiger partial charge in [-0.2, -0.15) is 0 Å². The Bertz CT molecular complexity index is 518. The van der Waals surface area contributed by atoms with Crippen molar-refractivity contribution in [2.75, 3.05) is 18.9 Å². The highest BCUT2D eigenvalue weighted by Crippen LogP contribution is 2.21. The van der Waals surface area contributed by atoms with E-state index in [4.69, 9.17) is 0 Å². The number of piperidine rings is 1. The Kier molecular flexibility index (Phi) is 3.64. The number of pyridine rings is 1. The molecule has 0 radical (unpaired) electrons. The van der Waals surface area contributed by atoms with Gasteiger partial charge in [-0.3, -0.25) is 14.9 Å². The van der Waals surface area contributed by atoms with E-state index in [2.05, 4.69) is 10.3 Å². The lowest BCUT2D eigenvalue weighted by Crippen LogP contribution is -2.43. The molecule has 1 amide bonds. The predicted octanol–water partition coefficient (Wildman–Crippen LogP) is 1.33. The summed E-state index contributed by atoms with van der Waals surface area (Å²) >= 11 is 0. The highest BCUT2D eigenvalue weighted by atomic mass is 16.6. The fourth-order valence-electron chi connectivity index (χ4n) is 2.13. The lowest BCUT2D eigenvalue weighted by molar-refractivity contribution is -0.385. The number of nitro groups is 1. The number of likely N-dealkylation sites (tertiary alicyclic amines) is 1. The number of anilines is 1. The third-order valence-corrected chi connectivity index (χ3v) is 3.24. The van der Waals surface area contributed by atoms with Gasteiger partial charge < -0.3 is 10.2 Å². The third kappa shape index (κ3) is 2.98. The quantitative estimate of drug-likeness (QED) is 0.657. The summed E-state index contributed by atoms with van der Waals surface area (Å²) in [6.07, 6.45) is 2.51. The van der Waals surface area contributed by atoms with Crippen LogP contribution in [0.1, 0.15) is 18.4 Å². The minimum Gasteiger partial charge on any atom is -0.365 e. The molecule has 19 heavy (non-hydrogen) atoms. The first-order valence-corrected chi connectivity index (χ1v) is 6.09. The van der Waals surface area contributed by atoms with Gasteiger partial charge in [0.25, 0.3) is 5.69 Å². The van der Waals surface area contributed by atoms with Gasteiger partial charge in [0.05, 0.1) is 4.92 Å². The Morgan fingerprint density at radius 2 is 2.32 bits per heavy atom. The van der Waals surface area contributed by atoms with E-state index in [1.807, 2.05) is 0 Å². The van der Waals surface area contributed by atoms with E-state index in [0.717, 1.165) is 12.0 Å². The second-order valence-corrected chi connectivity index (χ2v) is 4.77. The number of aromatic nitrogens is 1. The topological polar surface area (TPSA) is 88.4 Å². The maximum atomic E-state index is 11.4. The fourth-order valence-corrected chi connectivity index (χ4v) is 2.13. The number of nitrogens with one attached hydrogen (secondary N) is 1. The molecule has 7 nitrogen and oxygen atoms in total. The maximum absolute atomic E-state index is 11.4. The molecule has 1 unspecified atom stereocenters. The van der Waals surface area contributed by atoms with Crippen molar-refractivity contribution in [1.82, 2.24) is 9.88 Å². The Balaban J connectivity index is 2.07. The van der Waals surface area contributed by atoms with Crippen LogP contribution in [0.15, 0.2) is 12.3 Å². The molecular weight excluding hydrogens is 248 g/mol. The molecule has 0 aromatic carbocycles. The number of carbonyl (C=O) groups is 1. The molecule has 1 aliphatic heterocycles. The van der Waals surface area contributed by atoms with E-state index in [1.54, 1.807) is 18.9 Å². The SMILES string of the molecule is Cc1cc([N+](=O)[O-])cnc1NC1CCC(=O)N(C)C1. The number of carbonyl (C=O) groups excluding carboxylic acids is 1. The fraction of sp³-hybridized carbons (Fsp3) is 0.500. The van der Waals surface area contributed by atoms with Crippen LogP contribution in [0.4, 0.5) is 11.5 Å². The molecule has 2 heterocycles.